The van der Waals surface area contributed by atoms with Crippen molar-refractivity contribution in [3.63, 3.8) is 0 Å². The molecule has 148 valence electrons. The van der Waals surface area contributed by atoms with Crippen molar-refractivity contribution in [2.75, 3.05) is 20.4 Å². The zero-order valence-corrected chi connectivity index (χ0v) is 16.0. The smallest absolute Gasteiger partial charge is 0.245 e. The second kappa shape index (κ2) is 5.89. The van der Waals surface area contributed by atoms with Gasteiger partial charge in [-0.15, -0.1) is 0 Å². The molecule has 1 N–H and O–H groups in total. The molecule has 0 bridgehead atoms. The van der Waals surface area contributed by atoms with Gasteiger partial charge in [-0.2, -0.15) is 0 Å². The fourth-order valence-corrected chi connectivity index (χ4v) is 5.18. The summed E-state index contributed by atoms with van der Waals surface area (Å²) in [6.07, 6.45) is 10.9. The SMILES string of the molecule is CN1CC(=O)N2[C@H](C3=CNC4C=CC=CC34)c3cc4c(cc3C[C@H]2C1=O)OCO4. The summed E-state index contributed by atoms with van der Waals surface area (Å²) >= 11 is 0. The number of ether oxygens (including phenoxy) is 2. The Morgan fingerprint density at radius 2 is 1.90 bits per heavy atom. The molecule has 0 radical (unpaired) electrons. The molecule has 1 saturated heterocycles. The second-order valence-electron chi connectivity index (χ2n) is 8.15. The van der Waals surface area contributed by atoms with Crippen molar-refractivity contribution in [2.45, 2.75) is 24.5 Å². The third kappa shape index (κ3) is 2.30. The van der Waals surface area contributed by atoms with E-state index in [4.69, 9.17) is 9.47 Å². The number of carbonyl (C=O) groups excluding carboxylic acids is 2. The van der Waals surface area contributed by atoms with Gasteiger partial charge in [-0.3, -0.25) is 9.59 Å². The molecule has 29 heavy (non-hydrogen) atoms. The minimum atomic E-state index is -0.498. The first-order chi connectivity index (χ1) is 14.1. The summed E-state index contributed by atoms with van der Waals surface area (Å²) in [6.45, 7) is 0.301. The predicted molar refractivity (Wildman–Crippen MR) is 104 cm³/mol. The van der Waals surface area contributed by atoms with Gasteiger partial charge in [-0.25, -0.2) is 0 Å². The average molecular weight is 391 g/mol. The molecule has 0 aromatic heterocycles. The molecule has 7 heteroatoms. The van der Waals surface area contributed by atoms with E-state index in [2.05, 4.69) is 17.5 Å². The van der Waals surface area contributed by atoms with E-state index >= 15 is 0 Å². The van der Waals surface area contributed by atoms with Crippen molar-refractivity contribution in [1.82, 2.24) is 15.1 Å². The molecule has 0 saturated carbocycles. The van der Waals surface area contributed by atoms with E-state index in [9.17, 15) is 9.59 Å². The molecule has 6 rings (SSSR count). The van der Waals surface area contributed by atoms with Crippen LogP contribution in [-0.4, -0.2) is 54.1 Å². The highest BCUT2D eigenvalue weighted by atomic mass is 16.7. The van der Waals surface area contributed by atoms with Gasteiger partial charge < -0.3 is 24.6 Å². The third-order valence-electron chi connectivity index (χ3n) is 6.56. The van der Waals surface area contributed by atoms with Crippen LogP contribution in [0, 0.1) is 5.92 Å². The Morgan fingerprint density at radius 3 is 2.76 bits per heavy atom. The minimum Gasteiger partial charge on any atom is -0.454 e. The van der Waals surface area contributed by atoms with Crippen molar-refractivity contribution < 1.29 is 19.1 Å². The molecule has 0 spiro atoms. The maximum absolute atomic E-state index is 13.2. The lowest BCUT2D eigenvalue weighted by Crippen LogP contribution is -2.62. The Kier molecular flexibility index (Phi) is 3.39. The Labute approximate surface area is 168 Å². The van der Waals surface area contributed by atoms with E-state index in [0.29, 0.717) is 17.9 Å². The van der Waals surface area contributed by atoms with Crippen LogP contribution in [-0.2, 0) is 16.0 Å². The van der Waals surface area contributed by atoms with Crippen LogP contribution in [0.3, 0.4) is 0 Å². The van der Waals surface area contributed by atoms with E-state index in [0.717, 1.165) is 16.7 Å². The van der Waals surface area contributed by atoms with Crippen LogP contribution in [0.1, 0.15) is 17.2 Å². The van der Waals surface area contributed by atoms with Gasteiger partial charge in [0.25, 0.3) is 0 Å². The number of carbonyl (C=O) groups is 2. The van der Waals surface area contributed by atoms with Crippen LogP contribution in [0.25, 0.3) is 0 Å². The molecular weight excluding hydrogens is 370 g/mol. The van der Waals surface area contributed by atoms with E-state index in [1.54, 1.807) is 11.9 Å². The van der Waals surface area contributed by atoms with Gasteiger partial charge in [0.1, 0.15) is 6.04 Å². The number of allylic oxidation sites excluding steroid dienone is 2. The third-order valence-corrected chi connectivity index (χ3v) is 6.56. The lowest BCUT2D eigenvalue weighted by atomic mass is 9.78. The van der Waals surface area contributed by atoms with Gasteiger partial charge in [0.05, 0.1) is 18.6 Å². The number of hydrogen-bond donors (Lipinski definition) is 1. The Bertz CT molecular complexity index is 1030. The van der Waals surface area contributed by atoms with Gasteiger partial charge in [0.2, 0.25) is 18.6 Å². The molecule has 4 heterocycles. The van der Waals surface area contributed by atoms with Crippen molar-refractivity contribution in [1.29, 1.82) is 0 Å². The van der Waals surface area contributed by atoms with E-state index < -0.39 is 6.04 Å². The molecule has 4 aliphatic heterocycles. The highest BCUT2D eigenvalue weighted by molar-refractivity contribution is 5.96. The number of benzene rings is 1. The predicted octanol–water partition coefficient (Wildman–Crippen LogP) is 1.28. The first-order valence-corrected chi connectivity index (χ1v) is 9.91. The lowest BCUT2D eigenvalue weighted by Gasteiger charge is -2.48. The number of amides is 2. The van der Waals surface area contributed by atoms with Gasteiger partial charge in [-0.05, 0) is 35.0 Å². The van der Waals surface area contributed by atoms with Crippen molar-refractivity contribution in [3.8, 4) is 11.5 Å². The van der Waals surface area contributed by atoms with Crippen LogP contribution in [0.15, 0.2) is 48.2 Å². The first-order valence-electron chi connectivity index (χ1n) is 9.91. The summed E-state index contributed by atoms with van der Waals surface area (Å²) in [6, 6.07) is 3.34. The first kappa shape index (κ1) is 16.7. The van der Waals surface area contributed by atoms with E-state index in [1.807, 2.05) is 30.5 Å². The molecule has 1 aromatic rings. The summed E-state index contributed by atoms with van der Waals surface area (Å²) in [4.78, 5) is 29.5. The minimum absolute atomic E-state index is 0.0138. The number of fused-ring (bicyclic) bond motifs is 4. The standard InChI is InChI=1S/C22H21N3O4/c1-24-10-20(26)25-17(22(24)27)6-12-7-18-19(29-11-28-18)8-14(12)21(25)15-9-23-16-5-3-2-4-13(15)16/h2-5,7-9,13,16-17,21,23H,6,10-11H2,1H3/t13?,16?,17-,21-/m0/s1. The Hall–Kier alpha value is -3.22. The monoisotopic (exact) mass is 391 g/mol. The van der Waals surface area contributed by atoms with E-state index in [-0.39, 0.29) is 43.2 Å². The van der Waals surface area contributed by atoms with Crippen LogP contribution >= 0.6 is 0 Å². The summed E-state index contributed by atoms with van der Waals surface area (Å²) < 4.78 is 11.2. The molecule has 7 nitrogen and oxygen atoms in total. The molecule has 2 unspecified atom stereocenters. The largest absolute Gasteiger partial charge is 0.454 e. The van der Waals surface area contributed by atoms with Gasteiger partial charge in [0.15, 0.2) is 11.5 Å². The number of hydrogen-bond acceptors (Lipinski definition) is 5. The molecule has 2 amide bonds. The Balaban J connectivity index is 1.52. The number of likely N-dealkylation sites (N-methyl/N-ethyl adjacent to an activating group) is 1. The average Bonchev–Trinajstić information content (AvgIpc) is 3.35. The molecule has 4 atom stereocenters. The number of nitrogens with zero attached hydrogens (tertiary/aromatic N) is 2. The fraction of sp³-hybridized carbons (Fsp3) is 0.364. The number of piperazine rings is 1. The molecule has 1 aliphatic carbocycles. The zero-order valence-electron chi connectivity index (χ0n) is 16.0. The van der Waals surface area contributed by atoms with Gasteiger partial charge in [-0.1, -0.05) is 24.3 Å². The fourth-order valence-electron chi connectivity index (χ4n) is 5.18. The van der Waals surface area contributed by atoms with Crippen molar-refractivity contribution in [2.24, 2.45) is 5.92 Å². The molecule has 1 fully saturated rings. The van der Waals surface area contributed by atoms with Crippen LogP contribution in [0.5, 0.6) is 11.5 Å². The molecular formula is C22H21N3O4. The molecule has 1 aromatic carbocycles. The maximum atomic E-state index is 13.2. The summed E-state index contributed by atoms with van der Waals surface area (Å²) in [7, 11) is 1.70. The normalized spacial score (nSPS) is 31.3. The maximum Gasteiger partial charge on any atom is 0.245 e. The highest BCUT2D eigenvalue weighted by Crippen LogP contribution is 2.48. The van der Waals surface area contributed by atoms with Crippen molar-refractivity contribution >= 4 is 11.8 Å². The van der Waals surface area contributed by atoms with Gasteiger partial charge >= 0.3 is 0 Å². The Morgan fingerprint density at radius 1 is 1.10 bits per heavy atom. The molecule has 5 aliphatic rings. The van der Waals surface area contributed by atoms with E-state index in [1.165, 1.54) is 4.90 Å². The number of rotatable bonds is 1. The van der Waals surface area contributed by atoms with Crippen LogP contribution < -0.4 is 14.8 Å². The summed E-state index contributed by atoms with van der Waals surface area (Å²) in [5.41, 5.74) is 3.16. The van der Waals surface area contributed by atoms with Gasteiger partial charge in [0, 0.05) is 19.4 Å². The zero-order chi connectivity index (χ0) is 19.7. The van der Waals surface area contributed by atoms with Crippen molar-refractivity contribution in [3.05, 3.63) is 59.3 Å². The lowest BCUT2D eigenvalue weighted by molar-refractivity contribution is -0.157. The second-order valence-corrected chi connectivity index (χ2v) is 8.15. The summed E-state index contributed by atoms with van der Waals surface area (Å²) in [5.74, 6) is 1.51. The van der Waals surface area contributed by atoms with Crippen LogP contribution in [0.4, 0.5) is 0 Å². The topological polar surface area (TPSA) is 71.1 Å². The van der Waals surface area contributed by atoms with Crippen LogP contribution in [0.2, 0.25) is 0 Å². The number of nitrogens with one attached hydrogen (secondary N) is 1. The highest BCUT2D eigenvalue weighted by Gasteiger charge is 2.49. The quantitative estimate of drug-likeness (QED) is 0.781. The summed E-state index contributed by atoms with van der Waals surface area (Å²) in [5, 5.41) is 3.43.